The second kappa shape index (κ2) is 9.67. The maximum absolute atomic E-state index is 13.9. The SMILES string of the molecule is C=CCCN(CCC)CCCc1ccc(CC)c(F)c1F. The molecule has 0 aliphatic rings. The predicted molar refractivity (Wildman–Crippen MR) is 85.6 cm³/mol. The Labute approximate surface area is 127 Å². The van der Waals surface area contributed by atoms with Gasteiger partial charge in [-0.25, -0.2) is 8.78 Å². The van der Waals surface area contributed by atoms with Gasteiger partial charge in [0.05, 0.1) is 0 Å². The van der Waals surface area contributed by atoms with Crippen LogP contribution in [0.1, 0.15) is 44.2 Å². The highest BCUT2D eigenvalue weighted by atomic mass is 19.2. The summed E-state index contributed by atoms with van der Waals surface area (Å²) in [4.78, 5) is 2.36. The second-order valence-electron chi connectivity index (χ2n) is 5.39. The lowest BCUT2D eigenvalue weighted by atomic mass is 10.0. The Hall–Kier alpha value is -1.22. The standard InChI is InChI=1S/C18H27F2N/c1-4-7-13-21(12-5-2)14-8-9-16-11-10-15(6-3)17(19)18(16)20/h4,10-11H,1,5-9,12-14H2,2-3H3. The largest absolute Gasteiger partial charge is 0.303 e. The van der Waals surface area contributed by atoms with Crippen molar-refractivity contribution in [1.82, 2.24) is 4.90 Å². The molecule has 0 aliphatic carbocycles. The number of nitrogens with zero attached hydrogens (tertiary/aromatic N) is 1. The Bertz CT molecular complexity index is 443. The summed E-state index contributed by atoms with van der Waals surface area (Å²) in [5.74, 6) is -1.34. The second-order valence-corrected chi connectivity index (χ2v) is 5.39. The van der Waals surface area contributed by atoms with E-state index in [4.69, 9.17) is 0 Å². The molecule has 0 N–H and O–H groups in total. The fourth-order valence-corrected chi connectivity index (χ4v) is 2.51. The summed E-state index contributed by atoms with van der Waals surface area (Å²) < 4.78 is 27.7. The van der Waals surface area contributed by atoms with Crippen LogP contribution in [-0.2, 0) is 12.8 Å². The van der Waals surface area contributed by atoms with Gasteiger partial charge in [-0.2, -0.15) is 0 Å². The van der Waals surface area contributed by atoms with Crippen molar-refractivity contribution in [2.45, 2.75) is 46.0 Å². The Morgan fingerprint density at radius 2 is 1.71 bits per heavy atom. The molecule has 3 heteroatoms. The average Bonchev–Trinajstić information content (AvgIpc) is 2.49. The van der Waals surface area contributed by atoms with Gasteiger partial charge >= 0.3 is 0 Å². The van der Waals surface area contributed by atoms with Crippen molar-refractivity contribution in [3.63, 3.8) is 0 Å². The minimum atomic E-state index is -0.674. The average molecular weight is 295 g/mol. The Morgan fingerprint density at radius 1 is 1.05 bits per heavy atom. The molecule has 21 heavy (non-hydrogen) atoms. The third-order valence-electron chi connectivity index (χ3n) is 3.73. The van der Waals surface area contributed by atoms with Crippen molar-refractivity contribution in [3.8, 4) is 0 Å². The molecule has 1 aromatic rings. The van der Waals surface area contributed by atoms with Gasteiger partial charge in [-0.3, -0.25) is 0 Å². The fraction of sp³-hybridized carbons (Fsp3) is 0.556. The quantitative estimate of drug-likeness (QED) is 0.563. The molecule has 1 nitrogen and oxygen atoms in total. The van der Waals surface area contributed by atoms with E-state index in [0.717, 1.165) is 38.9 Å². The lowest BCUT2D eigenvalue weighted by Gasteiger charge is -2.21. The summed E-state index contributed by atoms with van der Waals surface area (Å²) in [5, 5.41) is 0. The van der Waals surface area contributed by atoms with Crippen LogP contribution in [0.5, 0.6) is 0 Å². The summed E-state index contributed by atoms with van der Waals surface area (Å²) in [6.07, 6.45) is 5.94. The van der Waals surface area contributed by atoms with Crippen LogP contribution in [0.3, 0.4) is 0 Å². The highest BCUT2D eigenvalue weighted by molar-refractivity contribution is 5.26. The van der Waals surface area contributed by atoms with Crippen molar-refractivity contribution in [1.29, 1.82) is 0 Å². The Morgan fingerprint density at radius 3 is 2.33 bits per heavy atom. The molecule has 0 aliphatic heterocycles. The monoisotopic (exact) mass is 295 g/mol. The smallest absolute Gasteiger partial charge is 0.162 e. The number of hydrogen-bond acceptors (Lipinski definition) is 1. The number of aryl methyl sites for hydroxylation is 2. The van der Waals surface area contributed by atoms with Crippen LogP contribution in [-0.4, -0.2) is 24.5 Å². The van der Waals surface area contributed by atoms with Gasteiger partial charge < -0.3 is 4.90 Å². The van der Waals surface area contributed by atoms with Gasteiger partial charge in [0.25, 0.3) is 0 Å². The van der Waals surface area contributed by atoms with E-state index in [1.165, 1.54) is 0 Å². The molecular formula is C18H27F2N. The molecule has 0 heterocycles. The van der Waals surface area contributed by atoms with Crippen LogP contribution in [0.15, 0.2) is 24.8 Å². The van der Waals surface area contributed by atoms with Gasteiger partial charge in [0.1, 0.15) is 0 Å². The Kier molecular flexibility index (Phi) is 8.21. The molecule has 0 radical (unpaired) electrons. The molecule has 0 saturated carbocycles. The molecule has 1 rings (SSSR count). The van der Waals surface area contributed by atoms with Gasteiger partial charge in [0.2, 0.25) is 0 Å². The Balaban J connectivity index is 2.54. The van der Waals surface area contributed by atoms with E-state index in [9.17, 15) is 8.78 Å². The lowest BCUT2D eigenvalue weighted by molar-refractivity contribution is 0.275. The summed E-state index contributed by atoms with van der Waals surface area (Å²) in [6, 6.07) is 3.43. The summed E-state index contributed by atoms with van der Waals surface area (Å²) in [5.41, 5.74) is 0.944. The molecule has 0 amide bonds. The highest BCUT2D eigenvalue weighted by Crippen LogP contribution is 2.18. The van der Waals surface area contributed by atoms with Crippen LogP contribution in [0.4, 0.5) is 8.78 Å². The molecular weight excluding hydrogens is 268 g/mol. The van der Waals surface area contributed by atoms with Gasteiger partial charge in [-0.15, -0.1) is 6.58 Å². The molecule has 0 atom stereocenters. The van der Waals surface area contributed by atoms with Crippen LogP contribution >= 0.6 is 0 Å². The molecule has 0 spiro atoms. The van der Waals surface area contributed by atoms with Gasteiger partial charge in [0, 0.05) is 6.54 Å². The summed E-state index contributed by atoms with van der Waals surface area (Å²) >= 11 is 0. The normalized spacial score (nSPS) is 11.1. The zero-order chi connectivity index (χ0) is 15.7. The molecule has 1 aromatic carbocycles. The zero-order valence-corrected chi connectivity index (χ0v) is 13.3. The van der Waals surface area contributed by atoms with Crippen LogP contribution in [0, 0.1) is 11.6 Å². The van der Waals surface area contributed by atoms with E-state index in [1.807, 2.05) is 13.0 Å². The molecule has 118 valence electrons. The molecule has 0 unspecified atom stereocenters. The topological polar surface area (TPSA) is 3.24 Å². The number of halogens is 2. The zero-order valence-electron chi connectivity index (χ0n) is 13.3. The van der Waals surface area contributed by atoms with E-state index in [2.05, 4.69) is 18.4 Å². The minimum absolute atomic E-state index is 0.454. The maximum Gasteiger partial charge on any atom is 0.162 e. The summed E-state index contributed by atoms with van der Waals surface area (Å²) in [7, 11) is 0. The first kappa shape index (κ1) is 17.8. The van der Waals surface area contributed by atoms with Crippen molar-refractivity contribution in [2.75, 3.05) is 19.6 Å². The van der Waals surface area contributed by atoms with Gasteiger partial charge in [-0.05, 0) is 56.3 Å². The van der Waals surface area contributed by atoms with Gasteiger partial charge in [-0.1, -0.05) is 32.1 Å². The van der Waals surface area contributed by atoms with Crippen molar-refractivity contribution in [2.24, 2.45) is 0 Å². The van der Waals surface area contributed by atoms with Crippen molar-refractivity contribution in [3.05, 3.63) is 47.5 Å². The lowest BCUT2D eigenvalue weighted by Crippen LogP contribution is -2.27. The van der Waals surface area contributed by atoms with Crippen LogP contribution in [0.25, 0.3) is 0 Å². The third kappa shape index (κ3) is 5.58. The van der Waals surface area contributed by atoms with Crippen molar-refractivity contribution < 1.29 is 8.78 Å². The maximum atomic E-state index is 13.9. The fourth-order valence-electron chi connectivity index (χ4n) is 2.51. The predicted octanol–water partition coefficient (Wildman–Crippen LogP) is 4.75. The van der Waals surface area contributed by atoms with E-state index >= 15 is 0 Å². The molecule has 0 saturated heterocycles. The first-order valence-corrected chi connectivity index (χ1v) is 7.93. The number of benzene rings is 1. The van der Waals surface area contributed by atoms with Crippen molar-refractivity contribution >= 4 is 0 Å². The first-order valence-electron chi connectivity index (χ1n) is 7.93. The van der Waals surface area contributed by atoms with Gasteiger partial charge in [0.15, 0.2) is 11.6 Å². The first-order chi connectivity index (χ1) is 10.1. The van der Waals surface area contributed by atoms with E-state index in [-0.39, 0.29) is 0 Å². The number of hydrogen-bond donors (Lipinski definition) is 0. The van der Waals surface area contributed by atoms with E-state index < -0.39 is 11.6 Å². The van der Waals surface area contributed by atoms with Crippen LogP contribution < -0.4 is 0 Å². The van der Waals surface area contributed by atoms with E-state index in [0.29, 0.717) is 24.0 Å². The van der Waals surface area contributed by atoms with Crippen LogP contribution in [0.2, 0.25) is 0 Å². The minimum Gasteiger partial charge on any atom is -0.303 e. The van der Waals surface area contributed by atoms with E-state index in [1.54, 1.807) is 12.1 Å². The molecule has 0 fully saturated rings. The highest BCUT2D eigenvalue weighted by Gasteiger charge is 2.12. The third-order valence-corrected chi connectivity index (χ3v) is 3.73. The molecule has 0 bridgehead atoms. The number of rotatable bonds is 10. The molecule has 0 aromatic heterocycles. The summed E-state index contributed by atoms with van der Waals surface area (Å²) in [6.45, 7) is 10.7.